The highest BCUT2D eigenvalue weighted by Crippen LogP contribution is 2.44. The number of rotatable bonds is 8. The van der Waals surface area contributed by atoms with Gasteiger partial charge in [-0.25, -0.2) is 4.39 Å². The Hall–Kier alpha value is -1.17. The number of carbonyl (C=O) groups is 1. The number of benzene rings is 1. The number of amides is 1. The van der Waals surface area contributed by atoms with Gasteiger partial charge >= 0.3 is 0 Å². The average Bonchev–Trinajstić information content (AvgIpc) is 2.50. The summed E-state index contributed by atoms with van der Waals surface area (Å²) in [5.74, 6) is -0.640. The van der Waals surface area contributed by atoms with Crippen LogP contribution in [0.25, 0.3) is 0 Å². The first-order valence-electron chi connectivity index (χ1n) is 7.97. The van der Waals surface area contributed by atoms with E-state index in [1.54, 1.807) is 6.07 Å². The fourth-order valence-corrected chi connectivity index (χ4v) is 2.94. The molecule has 2 rings (SSSR count). The van der Waals surface area contributed by atoms with E-state index in [4.69, 9.17) is 16.3 Å². The highest BCUT2D eigenvalue weighted by Gasteiger charge is 2.43. The van der Waals surface area contributed by atoms with E-state index in [1.807, 2.05) is 6.92 Å². The van der Waals surface area contributed by atoms with Crippen LogP contribution in [-0.4, -0.2) is 30.8 Å². The molecular formula is C17H23ClFNO3. The van der Waals surface area contributed by atoms with Crippen molar-refractivity contribution in [3.05, 3.63) is 34.6 Å². The molecule has 1 saturated carbocycles. The lowest BCUT2D eigenvalue weighted by molar-refractivity contribution is -0.138. The molecule has 0 radical (unpaired) electrons. The first-order valence-corrected chi connectivity index (χ1v) is 8.35. The molecule has 1 fully saturated rings. The highest BCUT2D eigenvalue weighted by molar-refractivity contribution is 6.30. The number of halogens is 2. The maximum atomic E-state index is 13.4. The molecule has 128 valence electrons. The maximum Gasteiger partial charge on any atom is 0.226 e. The summed E-state index contributed by atoms with van der Waals surface area (Å²) in [5, 5.41) is 12.9. The van der Waals surface area contributed by atoms with Gasteiger partial charge in [-0.2, -0.15) is 0 Å². The van der Waals surface area contributed by atoms with Gasteiger partial charge in [-0.1, -0.05) is 24.1 Å². The molecule has 2 N–H and O–H groups in total. The van der Waals surface area contributed by atoms with Crippen LogP contribution in [0.3, 0.4) is 0 Å². The molecule has 23 heavy (non-hydrogen) atoms. The van der Waals surface area contributed by atoms with Gasteiger partial charge in [0.25, 0.3) is 0 Å². The van der Waals surface area contributed by atoms with Crippen LogP contribution < -0.4 is 5.32 Å². The van der Waals surface area contributed by atoms with Crippen LogP contribution in [0.2, 0.25) is 5.02 Å². The summed E-state index contributed by atoms with van der Waals surface area (Å²) in [7, 11) is 0. The van der Waals surface area contributed by atoms with E-state index in [0.29, 0.717) is 25.2 Å². The Balaban J connectivity index is 1.88. The average molecular weight is 344 g/mol. The summed E-state index contributed by atoms with van der Waals surface area (Å²) >= 11 is 5.62. The molecule has 0 saturated heterocycles. The normalized spacial score (nSPS) is 17.4. The summed E-state index contributed by atoms with van der Waals surface area (Å²) in [6.45, 7) is 3.18. The van der Waals surface area contributed by atoms with Gasteiger partial charge in [0.2, 0.25) is 5.91 Å². The molecule has 1 aromatic rings. The Kier molecular flexibility index (Phi) is 6.39. The monoisotopic (exact) mass is 343 g/mol. The van der Waals surface area contributed by atoms with Crippen molar-refractivity contribution in [3.8, 4) is 0 Å². The minimum Gasteiger partial charge on any atom is -0.387 e. The smallest absolute Gasteiger partial charge is 0.226 e. The van der Waals surface area contributed by atoms with Crippen molar-refractivity contribution < 1.29 is 19.0 Å². The van der Waals surface area contributed by atoms with Gasteiger partial charge in [0, 0.05) is 19.8 Å². The molecule has 0 heterocycles. The third-order valence-corrected chi connectivity index (χ3v) is 4.81. The second-order valence-corrected chi connectivity index (χ2v) is 6.39. The van der Waals surface area contributed by atoms with Crippen molar-refractivity contribution in [3.63, 3.8) is 0 Å². The Bertz CT molecular complexity index is 549. The Morgan fingerprint density at radius 2 is 2.26 bits per heavy atom. The van der Waals surface area contributed by atoms with Crippen molar-refractivity contribution in [2.75, 3.05) is 19.8 Å². The van der Waals surface area contributed by atoms with Crippen LogP contribution in [0, 0.1) is 11.2 Å². The zero-order valence-electron chi connectivity index (χ0n) is 13.3. The Morgan fingerprint density at radius 3 is 2.83 bits per heavy atom. The van der Waals surface area contributed by atoms with Crippen molar-refractivity contribution in [1.82, 2.24) is 5.32 Å². The molecule has 1 amide bonds. The van der Waals surface area contributed by atoms with Gasteiger partial charge in [-0.05, 0) is 43.9 Å². The predicted molar refractivity (Wildman–Crippen MR) is 86.8 cm³/mol. The first-order chi connectivity index (χ1) is 11.0. The summed E-state index contributed by atoms with van der Waals surface area (Å²) in [6.07, 6.45) is 2.45. The number of ether oxygens (including phenoxy) is 1. The number of hydrogen-bond acceptors (Lipinski definition) is 3. The van der Waals surface area contributed by atoms with Crippen molar-refractivity contribution in [2.45, 2.75) is 38.7 Å². The van der Waals surface area contributed by atoms with Crippen LogP contribution in [0.4, 0.5) is 4.39 Å². The molecule has 1 atom stereocenters. The standard InChI is InChI=1S/C17H23ClFNO3/c1-2-23-9-8-17(6-3-7-17)16(22)20-11-15(21)12-4-5-13(18)14(19)10-12/h4-5,10,15,21H,2-3,6-9,11H2,1H3,(H,20,22). The van der Waals surface area contributed by atoms with Gasteiger partial charge < -0.3 is 15.2 Å². The van der Waals surface area contributed by atoms with Crippen molar-refractivity contribution >= 4 is 17.5 Å². The second-order valence-electron chi connectivity index (χ2n) is 5.98. The molecule has 6 heteroatoms. The quantitative estimate of drug-likeness (QED) is 0.712. The zero-order valence-corrected chi connectivity index (χ0v) is 14.0. The maximum absolute atomic E-state index is 13.4. The molecule has 0 aliphatic heterocycles. The summed E-state index contributed by atoms with van der Waals surface area (Å²) < 4.78 is 18.8. The first kappa shape index (κ1) is 18.2. The Morgan fingerprint density at radius 1 is 1.52 bits per heavy atom. The fourth-order valence-electron chi connectivity index (χ4n) is 2.82. The Labute approximate surface area is 141 Å². The van der Waals surface area contributed by atoms with E-state index in [9.17, 15) is 14.3 Å². The van der Waals surface area contributed by atoms with Crippen LogP contribution >= 0.6 is 11.6 Å². The van der Waals surface area contributed by atoms with E-state index in [1.165, 1.54) is 12.1 Å². The SMILES string of the molecule is CCOCCC1(C(=O)NCC(O)c2ccc(Cl)c(F)c2)CCC1. The summed E-state index contributed by atoms with van der Waals surface area (Å²) in [5.41, 5.74) is 0.0179. The van der Waals surface area contributed by atoms with Crippen LogP contribution in [0.15, 0.2) is 18.2 Å². The molecule has 1 aliphatic carbocycles. The molecule has 0 aromatic heterocycles. The number of nitrogens with one attached hydrogen (secondary N) is 1. The van der Waals surface area contributed by atoms with Crippen molar-refractivity contribution in [2.24, 2.45) is 5.41 Å². The van der Waals surface area contributed by atoms with E-state index in [2.05, 4.69) is 5.32 Å². The number of aliphatic hydroxyl groups excluding tert-OH is 1. The van der Waals surface area contributed by atoms with E-state index < -0.39 is 11.9 Å². The van der Waals surface area contributed by atoms with E-state index >= 15 is 0 Å². The highest BCUT2D eigenvalue weighted by atomic mass is 35.5. The second kappa shape index (κ2) is 8.08. The lowest BCUT2D eigenvalue weighted by atomic mass is 9.66. The van der Waals surface area contributed by atoms with Gasteiger partial charge in [0.15, 0.2) is 0 Å². The van der Waals surface area contributed by atoms with E-state index in [-0.39, 0.29) is 22.9 Å². The van der Waals surface area contributed by atoms with Crippen LogP contribution in [0.1, 0.15) is 44.3 Å². The molecule has 1 aliphatic rings. The third-order valence-electron chi connectivity index (χ3n) is 4.51. The zero-order chi connectivity index (χ0) is 16.9. The van der Waals surface area contributed by atoms with E-state index in [0.717, 1.165) is 19.3 Å². The van der Waals surface area contributed by atoms with Crippen LogP contribution in [0.5, 0.6) is 0 Å². The fraction of sp³-hybridized carbons (Fsp3) is 0.588. The molecular weight excluding hydrogens is 321 g/mol. The van der Waals surface area contributed by atoms with Crippen molar-refractivity contribution in [1.29, 1.82) is 0 Å². The predicted octanol–water partition coefficient (Wildman–Crippen LogP) is 3.23. The molecule has 0 spiro atoms. The molecule has 0 bridgehead atoms. The lowest BCUT2D eigenvalue weighted by Crippen LogP contribution is -2.47. The molecule has 4 nitrogen and oxygen atoms in total. The van der Waals surface area contributed by atoms with Crippen LogP contribution in [-0.2, 0) is 9.53 Å². The van der Waals surface area contributed by atoms with Gasteiger partial charge in [0.05, 0.1) is 16.5 Å². The topological polar surface area (TPSA) is 58.6 Å². The molecule has 1 aromatic carbocycles. The number of hydrogen-bond donors (Lipinski definition) is 2. The summed E-state index contributed by atoms with van der Waals surface area (Å²) in [6, 6.07) is 4.14. The van der Waals surface area contributed by atoms with Gasteiger partial charge in [-0.15, -0.1) is 0 Å². The lowest BCUT2D eigenvalue weighted by Gasteiger charge is -2.40. The minimum atomic E-state index is -0.963. The van der Waals surface area contributed by atoms with Gasteiger partial charge in [0.1, 0.15) is 5.82 Å². The molecule has 1 unspecified atom stereocenters. The largest absolute Gasteiger partial charge is 0.387 e. The summed E-state index contributed by atoms with van der Waals surface area (Å²) in [4.78, 5) is 12.4. The third kappa shape index (κ3) is 4.43. The minimum absolute atomic E-state index is 0.00864. The number of carbonyl (C=O) groups excluding carboxylic acids is 1. The van der Waals surface area contributed by atoms with Gasteiger partial charge in [-0.3, -0.25) is 4.79 Å². The number of aliphatic hydroxyl groups is 1.